The van der Waals surface area contributed by atoms with Gasteiger partial charge in [0.15, 0.2) is 0 Å². The molecule has 0 aromatic heterocycles. The van der Waals surface area contributed by atoms with E-state index in [1.807, 2.05) is 0 Å². The molecule has 0 atom stereocenters. The average Bonchev–Trinajstić information content (AvgIpc) is 2.18. The zero-order valence-corrected chi connectivity index (χ0v) is 9.81. The average molecular weight is 231 g/mol. The number of aliphatic carboxylic acids is 1. The molecule has 0 aromatic carbocycles. The third-order valence-corrected chi connectivity index (χ3v) is 2.27. The number of likely N-dealkylation sites (tertiary alicyclic amines) is 1. The second-order valence-corrected chi connectivity index (χ2v) is 3.90. The van der Waals surface area contributed by atoms with Gasteiger partial charge in [0.2, 0.25) is 0 Å². The molecule has 0 aromatic rings. The summed E-state index contributed by atoms with van der Waals surface area (Å²) < 4.78 is 0. The summed E-state index contributed by atoms with van der Waals surface area (Å²) in [5, 5.41) is 16.4. The van der Waals surface area contributed by atoms with Gasteiger partial charge in [0.05, 0.1) is 6.61 Å². The molecule has 1 fully saturated rings. The standard InChI is InChI=1S/C7H15NO.C4H6O3/c9-7-6-8-4-2-1-3-5-8;1-3(5)2-4(6)7/h9H,1-7H2;2H2,1H3,(H,6,7). The van der Waals surface area contributed by atoms with Gasteiger partial charge in [-0.2, -0.15) is 0 Å². The zero-order chi connectivity index (χ0) is 12.4. The number of carbonyl (C=O) groups excluding carboxylic acids is 1. The molecule has 0 bridgehead atoms. The number of nitrogens with zero attached hydrogens (tertiary/aromatic N) is 1. The summed E-state index contributed by atoms with van der Waals surface area (Å²) in [7, 11) is 0. The van der Waals surface area contributed by atoms with Crippen LogP contribution in [0.1, 0.15) is 32.6 Å². The summed E-state index contributed by atoms with van der Waals surface area (Å²) in [6.07, 6.45) is 3.65. The van der Waals surface area contributed by atoms with Crippen molar-refractivity contribution in [1.82, 2.24) is 4.90 Å². The van der Waals surface area contributed by atoms with Gasteiger partial charge >= 0.3 is 5.97 Å². The lowest BCUT2D eigenvalue weighted by atomic mass is 10.1. The van der Waals surface area contributed by atoms with Crippen molar-refractivity contribution in [2.75, 3.05) is 26.2 Å². The highest BCUT2D eigenvalue weighted by Gasteiger charge is 2.07. The van der Waals surface area contributed by atoms with Crippen LogP contribution >= 0.6 is 0 Å². The highest BCUT2D eigenvalue weighted by Crippen LogP contribution is 2.06. The van der Waals surface area contributed by atoms with Gasteiger partial charge in [-0.05, 0) is 32.9 Å². The lowest BCUT2D eigenvalue weighted by Crippen LogP contribution is -2.31. The summed E-state index contributed by atoms with van der Waals surface area (Å²) in [6, 6.07) is 0. The summed E-state index contributed by atoms with van der Waals surface area (Å²) in [5.74, 6) is -1.37. The van der Waals surface area contributed by atoms with E-state index in [0.717, 1.165) is 6.54 Å². The van der Waals surface area contributed by atoms with E-state index in [-0.39, 0.29) is 12.2 Å². The minimum absolute atomic E-state index is 0.312. The Morgan fingerprint density at radius 2 is 1.75 bits per heavy atom. The van der Waals surface area contributed by atoms with Crippen molar-refractivity contribution in [3.63, 3.8) is 0 Å². The van der Waals surface area contributed by atoms with E-state index in [1.54, 1.807) is 0 Å². The van der Waals surface area contributed by atoms with Gasteiger partial charge in [-0.15, -0.1) is 0 Å². The predicted molar refractivity (Wildman–Crippen MR) is 60.3 cm³/mol. The third-order valence-electron chi connectivity index (χ3n) is 2.27. The number of ketones is 1. The molecule has 2 N–H and O–H groups in total. The Hall–Kier alpha value is -0.940. The molecular formula is C11H21NO4. The van der Waals surface area contributed by atoms with Gasteiger partial charge in [-0.25, -0.2) is 0 Å². The molecular weight excluding hydrogens is 210 g/mol. The molecule has 0 radical (unpaired) electrons. The van der Waals surface area contributed by atoms with Gasteiger partial charge < -0.3 is 15.1 Å². The number of rotatable bonds is 4. The molecule has 5 nitrogen and oxygen atoms in total. The molecule has 94 valence electrons. The topological polar surface area (TPSA) is 77.8 Å². The number of hydrogen-bond donors (Lipinski definition) is 2. The van der Waals surface area contributed by atoms with Gasteiger partial charge in [0, 0.05) is 6.54 Å². The van der Waals surface area contributed by atoms with Crippen LogP contribution in [0.25, 0.3) is 0 Å². The minimum Gasteiger partial charge on any atom is -0.481 e. The first-order chi connectivity index (χ1) is 7.56. The Kier molecular flexibility index (Phi) is 8.75. The molecule has 1 heterocycles. The van der Waals surface area contributed by atoms with Crippen molar-refractivity contribution in [1.29, 1.82) is 0 Å². The van der Waals surface area contributed by atoms with Gasteiger partial charge in [-0.1, -0.05) is 6.42 Å². The normalized spacial score (nSPS) is 16.1. The van der Waals surface area contributed by atoms with Crippen molar-refractivity contribution in [3.05, 3.63) is 0 Å². The van der Waals surface area contributed by atoms with Crippen molar-refractivity contribution in [3.8, 4) is 0 Å². The maximum atomic E-state index is 9.87. The molecule has 5 heteroatoms. The minimum atomic E-state index is -1.06. The predicted octanol–water partition coefficient (Wildman–Crippen LogP) is 0.515. The maximum absolute atomic E-state index is 9.87. The third kappa shape index (κ3) is 9.61. The van der Waals surface area contributed by atoms with Gasteiger partial charge in [0.25, 0.3) is 0 Å². The quantitative estimate of drug-likeness (QED) is 0.689. The fraction of sp³-hybridized carbons (Fsp3) is 0.818. The summed E-state index contributed by atoms with van der Waals surface area (Å²) in [5.41, 5.74) is 0. The van der Waals surface area contributed by atoms with Gasteiger partial charge in [-0.3, -0.25) is 9.59 Å². The number of aliphatic hydroxyl groups excluding tert-OH is 1. The van der Waals surface area contributed by atoms with Crippen LogP contribution in [0.5, 0.6) is 0 Å². The Morgan fingerprint density at radius 3 is 2.06 bits per heavy atom. The van der Waals surface area contributed by atoms with Crippen molar-refractivity contribution < 1.29 is 19.8 Å². The van der Waals surface area contributed by atoms with Crippen molar-refractivity contribution in [2.45, 2.75) is 32.6 Å². The van der Waals surface area contributed by atoms with Crippen LogP contribution in [-0.2, 0) is 9.59 Å². The number of β-amino-alcohol motifs (C(OH)–C–C–N with tert-alkyl or cyclic N) is 1. The molecule has 1 aliphatic rings. The summed E-state index contributed by atoms with van der Waals surface area (Å²) in [6.45, 7) is 4.83. The van der Waals surface area contributed by atoms with E-state index in [9.17, 15) is 9.59 Å². The number of hydrogen-bond acceptors (Lipinski definition) is 4. The molecule has 1 rings (SSSR count). The van der Waals surface area contributed by atoms with Crippen LogP contribution in [0.15, 0.2) is 0 Å². The van der Waals surface area contributed by atoms with Crippen molar-refractivity contribution >= 4 is 11.8 Å². The van der Waals surface area contributed by atoms with Crippen LogP contribution < -0.4 is 0 Å². The molecule has 16 heavy (non-hydrogen) atoms. The lowest BCUT2D eigenvalue weighted by molar-refractivity contribution is -0.139. The second kappa shape index (κ2) is 9.30. The van der Waals surface area contributed by atoms with Crippen molar-refractivity contribution in [2.24, 2.45) is 0 Å². The van der Waals surface area contributed by atoms with E-state index in [0.29, 0.717) is 6.61 Å². The number of Topliss-reactive ketones (excluding diaryl/α,β-unsaturated/α-hetero) is 1. The number of aliphatic hydroxyl groups is 1. The van der Waals surface area contributed by atoms with Crippen LogP contribution in [0, 0.1) is 0 Å². The first kappa shape index (κ1) is 15.1. The lowest BCUT2D eigenvalue weighted by Gasteiger charge is -2.25. The molecule has 0 amide bonds. The first-order valence-electron chi connectivity index (χ1n) is 5.60. The van der Waals surface area contributed by atoms with Crippen LogP contribution in [-0.4, -0.2) is 53.1 Å². The molecule has 1 aliphatic heterocycles. The number of carboxylic acids is 1. The highest BCUT2D eigenvalue weighted by atomic mass is 16.4. The van der Waals surface area contributed by atoms with E-state index in [4.69, 9.17) is 10.2 Å². The first-order valence-corrected chi connectivity index (χ1v) is 5.60. The largest absolute Gasteiger partial charge is 0.481 e. The highest BCUT2D eigenvalue weighted by molar-refractivity contribution is 5.93. The Bertz CT molecular complexity index is 197. The number of piperidine rings is 1. The fourth-order valence-electron chi connectivity index (χ4n) is 1.54. The molecule has 1 saturated heterocycles. The van der Waals surface area contributed by atoms with E-state index in [1.165, 1.54) is 39.3 Å². The molecule has 0 saturated carbocycles. The maximum Gasteiger partial charge on any atom is 0.310 e. The smallest absolute Gasteiger partial charge is 0.310 e. The molecule has 0 aliphatic carbocycles. The number of carboxylic acid groups (broad SMARTS) is 1. The molecule has 0 spiro atoms. The molecule has 0 unspecified atom stereocenters. The Balaban J connectivity index is 0.000000293. The monoisotopic (exact) mass is 231 g/mol. The number of carbonyl (C=O) groups is 2. The second-order valence-electron chi connectivity index (χ2n) is 3.90. The van der Waals surface area contributed by atoms with Crippen LogP contribution in [0.2, 0.25) is 0 Å². The summed E-state index contributed by atoms with van der Waals surface area (Å²) in [4.78, 5) is 21.8. The van der Waals surface area contributed by atoms with Crippen LogP contribution in [0.4, 0.5) is 0 Å². The Labute approximate surface area is 96.1 Å². The van der Waals surface area contributed by atoms with E-state index >= 15 is 0 Å². The van der Waals surface area contributed by atoms with E-state index < -0.39 is 5.97 Å². The fourth-order valence-corrected chi connectivity index (χ4v) is 1.54. The van der Waals surface area contributed by atoms with Crippen LogP contribution in [0.3, 0.4) is 0 Å². The van der Waals surface area contributed by atoms with Gasteiger partial charge in [0.1, 0.15) is 12.2 Å². The van der Waals surface area contributed by atoms with E-state index in [2.05, 4.69) is 4.90 Å². The zero-order valence-electron chi connectivity index (χ0n) is 9.81. The SMILES string of the molecule is CC(=O)CC(=O)O.OCCN1CCCCC1. The summed E-state index contributed by atoms with van der Waals surface area (Å²) >= 11 is 0. The Morgan fingerprint density at radius 1 is 1.19 bits per heavy atom.